The molecule has 0 aliphatic rings. The van der Waals surface area contributed by atoms with E-state index >= 15 is 0 Å². The molecular formula is C18H19N3O2S. The van der Waals surface area contributed by atoms with Crippen LogP contribution in [0.15, 0.2) is 48.8 Å². The van der Waals surface area contributed by atoms with Gasteiger partial charge >= 0.3 is 0 Å². The summed E-state index contributed by atoms with van der Waals surface area (Å²) in [6.07, 6.45) is 4.13. The average Bonchev–Trinajstić information content (AvgIpc) is 2.99. The number of amides is 1. The van der Waals surface area contributed by atoms with Crippen LogP contribution in [0.25, 0.3) is 10.1 Å². The first-order chi connectivity index (χ1) is 11.7. The van der Waals surface area contributed by atoms with E-state index in [0.717, 1.165) is 26.2 Å². The molecule has 0 aliphatic heterocycles. The van der Waals surface area contributed by atoms with Gasteiger partial charge in [0.25, 0.3) is 0 Å². The fourth-order valence-corrected chi connectivity index (χ4v) is 3.53. The number of pyridine rings is 1. The van der Waals surface area contributed by atoms with E-state index in [1.807, 2.05) is 36.4 Å². The molecular weight excluding hydrogens is 322 g/mol. The summed E-state index contributed by atoms with van der Waals surface area (Å²) in [5.74, 6) is -0.525. The van der Waals surface area contributed by atoms with Crippen LogP contribution in [-0.2, 0) is 11.2 Å². The van der Waals surface area contributed by atoms with Crippen molar-refractivity contribution >= 4 is 32.3 Å². The lowest BCUT2D eigenvalue weighted by molar-refractivity contribution is -0.117. The van der Waals surface area contributed by atoms with E-state index < -0.39 is 5.92 Å². The van der Waals surface area contributed by atoms with Crippen LogP contribution in [0, 0.1) is 0 Å². The Hall–Kier alpha value is -2.28. The van der Waals surface area contributed by atoms with Crippen molar-refractivity contribution in [2.75, 3.05) is 18.5 Å². The van der Waals surface area contributed by atoms with Gasteiger partial charge in [-0.1, -0.05) is 24.3 Å². The molecule has 124 valence electrons. The van der Waals surface area contributed by atoms with Crippen LogP contribution in [0.1, 0.15) is 17.0 Å². The van der Waals surface area contributed by atoms with Crippen molar-refractivity contribution in [3.05, 3.63) is 59.9 Å². The molecule has 6 heteroatoms. The van der Waals surface area contributed by atoms with Gasteiger partial charge in [-0.2, -0.15) is 0 Å². The van der Waals surface area contributed by atoms with Crippen molar-refractivity contribution in [2.45, 2.75) is 12.3 Å². The number of aromatic nitrogens is 1. The summed E-state index contributed by atoms with van der Waals surface area (Å²) in [6, 6.07) is 11.5. The van der Waals surface area contributed by atoms with E-state index in [0.29, 0.717) is 6.42 Å². The molecule has 2 aromatic heterocycles. The Kier molecular flexibility index (Phi) is 5.20. The minimum atomic E-state index is -0.406. The van der Waals surface area contributed by atoms with Crippen LogP contribution in [0.5, 0.6) is 0 Å². The zero-order valence-corrected chi connectivity index (χ0v) is 13.9. The van der Waals surface area contributed by atoms with E-state index in [-0.39, 0.29) is 19.1 Å². The topological polar surface area (TPSA) is 88.2 Å². The molecule has 0 saturated heterocycles. The molecule has 1 aromatic carbocycles. The minimum absolute atomic E-state index is 0.112. The Balaban J connectivity index is 1.75. The number of carbonyl (C=O) groups excluding carboxylic acids is 1. The van der Waals surface area contributed by atoms with Gasteiger partial charge in [-0.25, -0.2) is 0 Å². The van der Waals surface area contributed by atoms with E-state index in [2.05, 4.69) is 10.3 Å². The van der Waals surface area contributed by atoms with Crippen LogP contribution < -0.4 is 11.1 Å². The van der Waals surface area contributed by atoms with Gasteiger partial charge in [0.15, 0.2) is 0 Å². The largest absolute Gasteiger partial charge is 0.396 e. The summed E-state index contributed by atoms with van der Waals surface area (Å²) >= 11 is 1.49. The number of hydrogen-bond acceptors (Lipinski definition) is 5. The fourth-order valence-electron chi connectivity index (χ4n) is 2.59. The normalized spacial score (nSPS) is 12.2. The molecule has 0 fully saturated rings. The molecule has 5 nitrogen and oxygen atoms in total. The average molecular weight is 341 g/mol. The van der Waals surface area contributed by atoms with E-state index in [1.165, 1.54) is 11.3 Å². The highest BCUT2D eigenvalue weighted by Crippen LogP contribution is 2.29. The number of nitrogens with one attached hydrogen (secondary N) is 1. The molecule has 2 heterocycles. The number of nitrogens with two attached hydrogens (primary N) is 1. The zero-order chi connectivity index (χ0) is 16.9. The van der Waals surface area contributed by atoms with Gasteiger partial charge in [0.05, 0.1) is 15.6 Å². The first-order valence-electron chi connectivity index (χ1n) is 7.75. The molecule has 1 atom stereocenters. The molecule has 0 saturated carbocycles. The van der Waals surface area contributed by atoms with E-state index in [1.54, 1.807) is 12.4 Å². The summed E-state index contributed by atoms with van der Waals surface area (Å²) in [5, 5.41) is 13.8. The fraction of sp³-hybridized carbons (Fsp3) is 0.222. The highest BCUT2D eigenvalue weighted by Gasteiger charge is 2.20. The van der Waals surface area contributed by atoms with Crippen molar-refractivity contribution in [1.82, 2.24) is 4.98 Å². The van der Waals surface area contributed by atoms with Gasteiger partial charge in [0.1, 0.15) is 0 Å². The number of benzene rings is 1. The van der Waals surface area contributed by atoms with Gasteiger partial charge in [0, 0.05) is 25.5 Å². The Labute approximate surface area is 144 Å². The maximum absolute atomic E-state index is 12.6. The summed E-state index contributed by atoms with van der Waals surface area (Å²) < 4.78 is 1.03. The lowest BCUT2D eigenvalue weighted by Crippen LogP contribution is -2.27. The molecule has 0 radical (unpaired) electrons. The molecule has 1 amide bonds. The Bertz CT molecular complexity index is 797. The number of thiophene rings is 1. The second-order valence-electron chi connectivity index (χ2n) is 5.52. The molecule has 0 bridgehead atoms. The highest BCUT2D eigenvalue weighted by molar-refractivity contribution is 7.22. The Morgan fingerprint density at radius 2 is 2.08 bits per heavy atom. The van der Waals surface area contributed by atoms with Crippen LogP contribution in [0.2, 0.25) is 0 Å². The van der Waals surface area contributed by atoms with Crippen LogP contribution in [-0.4, -0.2) is 29.1 Å². The van der Waals surface area contributed by atoms with E-state index in [4.69, 9.17) is 10.8 Å². The van der Waals surface area contributed by atoms with Gasteiger partial charge in [0.2, 0.25) is 5.91 Å². The standard InChI is InChI=1S/C18H19N3O2S/c19-10-15(13-3-1-12(2-4-13)6-8-22)18(23)21-17-9-14-5-7-20-11-16(14)24-17/h1-5,7,9,11,15,22H,6,8,10,19H2,(H,21,23)/t15-/m1/s1. The molecule has 4 N–H and O–H groups in total. The van der Waals surface area contributed by atoms with Crippen molar-refractivity contribution in [3.63, 3.8) is 0 Å². The Morgan fingerprint density at radius 1 is 1.29 bits per heavy atom. The third kappa shape index (κ3) is 3.62. The summed E-state index contributed by atoms with van der Waals surface area (Å²) in [6.45, 7) is 0.346. The molecule has 0 aliphatic carbocycles. The molecule has 3 rings (SSSR count). The Morgan fingerprint density at radius 3 is 2.75 bits per heavy atom. The summed E-state index contributed by atoms with van der Waals surface area (Å²) in [5.41, 5.74) is 7.73. The number of anilines is 1. The second kappa shape index (κ2) is 7.53. The molecule has 0 spiro atoms. The summed E-state index contributed by atoms with van der Waals surface area (Å²) in [7, 11) is 0. The number of rotatable bonds is 6. The molecule has 24 heavy (non-hydrogen) atoms. The minimum Gasteiger partial charge on any atom is -0.396 e. The van der Waals surface area contributed by atoms with Crippen molar-refractivity contribution in [1.29, 1.82) is 0 Å². The number of fused-ring (bicyclic) bond motifs is 1. The first-order valence-corrected chi connectivity index (χ1v) is 8.57. The third-order valence-corrected chi connectivity index (χ3v) is 4.90. The van der Waals surface area contributed by atoms with Crippen molar-refractivity contribution < 1.29 is 9.90 Å². The number of carbonyl (C=O) groups is 1. The monoisotopic (exact) mass is 341 g/mol. The van der Waals surface area contributed by atoms with Gasteiger partial charge in [-0.05, 0) is 35.1 Å². The molecule has 3 aromatic rings. The number of hydrogen-bond donors (Lipinski definition) is 3. The predicted octanol–water partition coefficient (Wildman–Crippen LogP) is 2.51. The SMILES string of the molecule is NC[C@@H](C(=O)Nc1cc2ccncc2s1)c1ccc(CCO)cc1. The van der Waals surface area contributed by atoms with Gasteiger partial charge in [-0.3, -0.25) is 9.78 Å². The highest BCUT2D eigenvalue weighted by atomic mass is 32.1. The lowest BCUT2D eigenvalue weighted by Gasteiger charge is -2.15. The van der Waals surface area contributed by atoms with Crippen molar-refractivity contribution in [2.24, 2.45) is 5.73 Å². The number of aliphatic hydroxyl groups is 1. The predicted molar refractivity (Wildman–Crippen MR) is 97.3 cm³/mol. The molecule has 0 unspecified atom stereocenters. The number of aliphatic hydroxyl groups excluding tert-OH is 1. The lowest BCUT2D eigenvalue weighted by atomic mass is 9.96. The third-order valence-electron chi connectivity index (χ3n) is 3.90. The maximum Gasteiger partial charge on any atom is 0.233 e. The second-order valence-corrected chi connectivity index (χ2v) is 6.60. The van der Waals surface area contributed by atoms with Gasteiger partial charge in [-0.15, -0.1) is 11.3 Å². The number of nitrogens with zero attached hydrogens (tertiary/aromatic N) is 1. The first kappa shape index (κ1) is 16.6. The van der Waals surface area contributed by atoms with Crippen LogP contribution in [0.3, 0.4) is 0 Å². The van der Waals surface area contributed by atoms with Crippen molar-refractivity contribution in [3.8, 4) is 0 Å². The smallest absolute Gasteiger partial charge is 0.233 e. The van der Waals surface area contributed by atoms with Gasteiger partial charge < -0.3 is 16.2 Å². The quantitative estimate of drug-likeness (QED) is 0.643. The van der Waals surface area contributed by atoms with Crippen LogP contribution >= 0.6 is 11.3 Å². The van der Waals surface area contributed by atoms with E-state index in [9.17, 15) is 4.79 Å². The van der Waals surface area contributed by atoms with Crippen LogP contribution in [0.4, 0.5) is 5.00 Å². The zero-order valence-electron chi connectivity index (χ0n) is 13.1. The maximum atomic E-state index is 12.6. The summed E-state index contributed by atoms with van der Waals surface area (Å²) in [4.78, 5) is 16.7.